The minimum Gasteiger partial charge on any atom is -0.341 e. The summed E-state index contributed by atoms with van der Waals surface area (Å²) < 4.78 is 0. The van der Waals surface area contributed by atoms with Crippen LogP contribution in [0.5, 0.6) is 0 Å². The number of thioether (sulfide) groups is 1. The minimum atomic E-state index is 0.329. The van der Waals surface area contributed by atoms with Crippen LogP contribution in [-0.4, -0.2) is 47.5 Å². The number of benzene rings is 1. The highest BCUT2D eigenvalue weighted by atomic mass is 32.2. The number of carbonyl (C=O) groups is 1. The molecule has 2 fully saturated rings. The van der Waals surface area contributed by atoms with Gasteiger partial charge in [-0.05, 0) is 42.8 Å². The van der Waals surface area contributed by atoms with Crippen molar-refractivity contribution in [2.24, 2.45) is 0 Å². The molecule has 1 N–H and O–H groups in total. The third kappa shape index (κ3) is 4.50. The maximum absolute atomic E-state index is 12.2. The van der Waals surface area contributed by atoms with Gasteiger partial charge in [0.15, 0.2) is 0 Å². The topological polar surface area (TPSA) is 32.3 Å². The second kappa shape index (κ2) is 8.02. The molecule has 1 aromatic carbocycles. The van der Waals surface area contributed by atoms with E-state index in [1.54, 1.807) is 0 Å². The van der Waals surface area contributed by atoms with Crippen molar-refractivity contribution < 1.29 is 4.79 Å². The number of carbonyl (C=O) groups excluding carboxylic acids is 1. The molecule has 120 valence electrons. The molecule has 1 atom stereocenters. The van der Waals surface area contributed by atoms with Gasteiger partial charge in [-0.15, -0.1) is 0 Å². The number of nitrogens with one attached hydrogen (secondary N) is 1. The summed E-state index contributed by atoms with van der Waals surface area (Å²) in [5.74, 6) is 2.86. The lowest BCUT2D eigenvalue weighted by atomic mass is 10.1. The Hall–Kier alpha value is -1.00. The molecule has 2 heterocycles. The highest BCUT2D eigenvalue weighted by Gasteiger charge is 2.30. The van der Waals surface area contributed by atoms with E-state index >= 15 is 0 Å². The lowest BCUT2D eigenvalue weighted by molar-refractivity contribution is -0.127. The van der Waals surface area contributed by atoms with Gasteiger partial charge in [-0.25, -0.2) is 0 Å². The van der Waals surface area contributed by atoms with Crippen LogP contribution in [0.15, 0.2) is 30.3 Å². The molecule has 3 nitrogen and oxygen atoms in total. The summed E-state index contributed by atoms with van der Waals surface area (Å²) in [5.41, 5.74) is 1.36. The van der Waals surface area contributed by atoms with Crippen LogP contribution < -0.4 is 5.32 Å². The average molecular weight is 318 g/mol. The van der Waals surface area contributed by atoms with E-state index in [9.17, 15) is 4.79 Å². The van der Waals surface area contributed by atoms with Gasteiger partial charge in [0.1, 0.15) is 0 Å². The van der Waals surface area contributed by atoms with Crippen LogP contribution in [0.1, 0.15) is 31.2 Å². The molecule has 1 unspecified atom stereocenters. The fraction of sp³-hybridized carbons (Fsp3) is 0.611. The van der Waals surface area contributed by atoms with Crippen LogP contribution in [0.4, 0.5) is 0 Å². The van der Waals surface area contributed by atoms with E-state index in [1.807, 2.05) is 17.8 Å². The van der Waals surface area contributed by atoms with Gasteiger partial charge in [0.05, 0.1) is 0 Å². The van der Waals surface area contributed by atoms with E-state index in [0.29, 0.717) is 24.4 Å². The molecule has 22 heavy (non-hydrogen) atoms. The highest BCUT2D eigenvalue weighted by molar-refractivity contribution is 7.99. The maximum Gasteiger partial charge on any atom is 0.224 e. The smallest absolute Gasteiger partial charge is 0.224 e. The summed E-state index contributed by atoms with van der Waals surface area (Å²) in [5, 5.41) is 3.71. The molecule has 4 heteroatoms. The van der Waals surface area contributed by atoms with Gasteiger partial charge in [-0.2, -0.15) is 11.8 Å². The number of aryl methyl sites for hydroxylation is 1. The summed E-state index contributed by atoms with van der Waals surface area (Å²) in [7, 11) is 0. The number of amides is 1. The van der Waals surface area contributed by atoms with Gasteiger partial charge in [-0.3, -0.25) is 4.79 Å². The fourth-order valence-electron chi connectivity index (χ4n) is 3.42. The fourth-order valence-corrected chi connectivity index (χ4v) is 4.52. The molecule has 0 aromatic heterocycles. The number of rotatable bonds is 6. The van der Waals surface area contributed by atoms with Crippen LogP contribution in [0.25, 0.3) is 0 Å². The molecule has 1 amide bonds. The van der Waals surface area contributed by atoms with Crippen molar-refractivity contribution in [3.05, 3.63) is 35.9 Å². The third-order valence-corrected chi connectivity index (χ3v) is 5.69. The molecule has 2 saturated heterocycles. The van der Waals surface area contributed by atoms with E-state index in [-0.39, 0.29) is 0 Å². The third-order valence-electron chi connectivity index (χ3n) is 4.64. The predicted octanol–water partition coefficient (Wildman–Crippen LogP) is 2.71. The molecule has 0 radical (unpaired) electrons. The van der Waals surface area contributed by atoms with Crippen LogP contribution in [-0.2, 0) is 11.2 Å². The first-order chi connectivity index (χ1) is 10.8. The van der Waals surface area contributed by atoms with Gasteiger partial charge in [-0.1, -0.05) is 30.3 Å². The van der Waals surface area contributed by atoms with Crippen LogP contribution >= 0.6 is 11.8 Å². The largest absolute Gasteiger partial charge is 0.341 e. The van der Waals surface area contributed by atoms with E-state index in [4.69, 9.17) is 0 Å². The predicted molar refractivity (Wildman–Crippen MR) is 93.2 cm³/mol. The van der Waals surface area contributed by atoms with Crippen molar-refractivity contribution in [1.82, 2.24) is 10.2 Å². The number of nitrogens with zero attached hydrogens (tertiary/aromatic N) is 1. The van der Waals surface area contributed by atoms with Crippen molar-refractivity contribution in [3.8, 4) is 0 Å². The number of hydrogen-bond donors (Lipinski definition) is 1. The van der Waals surface area contributed by atoms with Crippen molar-refractivity contribution >= 4 is 17.7 Å². The Labute approximate surface area is 137 Å². The zero-order valence-corrected chi connectivity index (χ0v) is 14.0. The van der Waals surface area contributed by atoms with Crippen molar-refractivity contribution in [2.75, 3.05) is 24.6 Å². The molecular weight excluding hydrogens is 292 g/mol. The average Bonchev–Trinajstić information content (AvgIpc) is 2.89. The summed E-state index contributed by atoms with van der Waals surface area (Å²) >= 11 is 2.05. The Morgan fingerprint density at radius 2 is 1.91 bits per heavy atom. The lowest BCUT2D eigenvalue weighted by Gasteiger charge is -2.26. The lowest BCUT2D eigenvalue weighted by Crippen LogP contribution is -2.42. The molecule has 1 aromatic rings. The Bertz CT molecular complexity index is 473. The first-order valence-electron chi connectivity index (χ1n) is 8.47. The first-order valence-corrected chi connectivity index (χ1v) is 9.62. The molecule has 0 bridgehead atoms. The molecule has 3 rings (SSSR count). The zero-order valence-electron chi connectivity index (χ0n) is 13.2. The van der Waals surface area contributed by atoms with E-state index in [2.05, 4.69) is 34.5 Å². The quantitative estimate of drug-likeness (QED) is 0.875. The molecular formula is C18H26N2OS. The number of likely N-dealkylation sites (tertiary alicyclic amines) is 1. The van der Waals surface area contributed by atoms with Crippen molar-refractivity contribution in [2.45, 2.75) is 44.2 Å². The first kappa shape index (κ1) is 15.9. The molecule has 0 aliphatic carbocycles. The minimum absolute atomic E-state index is 0.329. The summed E-state index contributed by atoms with van der Waals surface area (Å²) in [6, 6.07) is 11.5. The Balaban J connectivity index is 1.40. The van der Waals surface area contributed by atoms with Crippen molar-refractivity contribution in [3.63, 3.8) is 0 Å². The molecule has 2 aliphatic heterocycles. The highest BCUT2D eigenvalue weighted by Crippen LogP contribution is 2.20. The maximum atomic E-state index is 12.2. The Kier molecular flexibility index (Phi) is 5.79. The normalized spacial score (nSPS) is 23.2. The van der Waals surface area contributed by atoms with Crippen LogP contribution in [0.3, 0.4) is 0 Å². The summed E-state index contributed by atoms with van der Waals surface area (Å²) in [6.45, 7) is 1.80. The van der Waals surface area contributed by atoms with Gasteiger partial charge in [0, 0.05) is 31.6 Å². The second-order valence-electron chi connectivity index (χ2n) is 6.38. The SMILES string of the molecule is O=C1CC(NC2CCSCC2)CN1CCCc1ccccc1. The number of hydrogen-bond acceptors (Lipinski definition) is 3. The standard InChI is InChI=1S/C18H26N2OS/c21-18-13-17(19-16-8-11-22-12-9-16)14-20(18)10-4-7-15-5-2-1-3-6-15/h1-3,5-6,16-17,19H,4,7-14H2. The van der Waals surface area contributed by atoms with Crippen LogP contribution in [0.2, 0.25) is 0 Å². The summed E-state index contributed by atoms with van der Waals surface area (Å²) in [4.78, 5) is 14.2. The van der Waals surface area contributed by atoms with Gasteiger partial charge >= 0.3 is 0 Å². The Morgan fingerprint density at radius 1 is 1.14 bits per heavy atom. The molecule has 2 aliphatic rings. The van der Waals surface area contributed by atoms with E-state index < -0.39 is 0 Å². The molecule has 0 saturated carbocycles. The van der Waals surface area contributed by atoms with Gasteiger partial charge in [0.25, 0.3) is 0 Å². The monoisotopic (exact) mass is 318 g/mol. The summed E-state index contributed by atoms with van der Waals surface area (Å²) in [6.07, 6.45) is 5.31. The molecule has 0 spiro atoms. The van der Waals surface area contributed by atoms with Crippen molar-refractivity contribution in [1.29, 1.82) is 0 Å². The van der Waals surface area contributed by atoms with Gasteiger partial charge < -0.3 is 10.2 Å². The zero-order chi connectivity index (χ0) is 15.2. The van der Waals surface area contributed by atoms with E-state index in [0.717, 1.165) is 25.9 Å². The van der Waals surface area contributed by atoms with Gasteiger partial charge in [0.2, 0.25) is 5.91 Å². The second-order valence-corrected chi connectivity index (χ2v) is 7.61. The van der Waals surface area contributed by atoms with Crippen LogP contribution in [0, 0.1) is 0 Å². The Morgan fingerprint density at radius 3 is 2.68 bits per heavy atom. The van der Waals surface area contributed by atoms with E-state index in [1.165, 1.54) is 29.9 Å².